The van der Waals surface area contributed by atoms with Crippen LogP contribution in [-0.2, 0) is 11.3 Å². The molecule has 1 aromatic heterocycles. The fraction of sp³-hybridized carbons (Fsp3) is 0.571. The third kappa shape index (κ3) is 4.17. The maximum atomic E-state index is 12.5. The summed E-state index contributed by atoms with van der Waals surface area (Å²) in [6.45, 7) is 10.1. The van der Waals surface area contributed by atoms with Gasteiger partial charge in [-0.1, -0.05) is 11.6 Å². The van der Waals surface area contributed by atoms with E-state index < -0.39 is 0 Å². The summed E-state index contributed by atoms with van der Waals surface area (Å²) in [7, 11) is 0. The minimum Gasteiger partial charge on any atom is -0.379 e. The summed E-state index contributed by atoms with van der Waals surface area (Å²) in [6, 6.07) is 7.83. The summed E-state index contributed by atoms with van der Waals surface area (Å²) in [6.07, 6.45) is 2.55. The number of benzene rings is 1. The third-order valence-corrected chi connectivity index (χ3v) is 5.66. The number of aromatic amines is 1. The molecule has 5 heteroatoms. The maximum absolute atomic E-state index is 12.5. The Morgan fingerprint density at radius 3 is 2.85 bits per heavy atom. The number of fused-ring (bicyclic) bond motifs is 1. The number of likely N-dealkylation sites (tertiary alicyclic amines) is 1. The van der Waals surface area contributed by atoms with E-state index in [9.17, 15) is 4.79 Å². The van der Waals surface area contributed by atoms with Gasteiger partial charge in [0.1, 0.15) is 0 Å². The van der Waals surface area contributed by atoms with Crippen LogP contribution in [0.2, 0.25) is 0 Å². The molecule has 140 valence electrons. The average molecular weight is 355 g/mol. The van der Waals surface area contributed by atoms with Crippen molar-refractivity contribution in [1.82, 2.24) is 14.8 Å². The van der Waals surface area contributed by atoms with Gasteiger partial charge in [0.05, 0.1) is 13.2 Å². The number of nitrogens with zero attached hydrogens (tertiary/aromatic N) is 2. The Bertz CT molecular complexity index is 810. The van der Waals surface area contributed by atoms with Gasteiger partial charge in [0, 0.05) is 55.4 Å². The van der Waals surface area contributed by atoms with E-state index in [-0.39, 0.29) is 5.43 Å². The number of piperidine rings is 1. The number of aryl methyl sites for hydroxylation is 1. The standard InChI is InChI=1S/C21H29N3O2/c1-16-4-5-20-19(11-16)21(25)12-18(22-20)15-24-6-2-3-17(14-24)13-23-7-9-26-10-8-23/h4-5,11-12,17H,2-3,6-10,13-15H2,1H3,(H,22,25)/t17-/m0/s1. The number of hydrogen-bond acceptors (Lipinski definition) is 4. The number of pyridine rings is 1. The molecular formula is C21H29N3O2. The summed E-state index contributed by atoms with van der Waals surface area (Å²) in [5, 5.41) is 0.789. The minimum atomic E-state index is 0.124. The highest BCUT2D eigenvalue weighted by atomic mass is 16.5. The van der Waals surface area contributed by atoms with Crippen LogP contribution in [0, 0.1) is 12.8 Å². The van der Waals surface area contributed by atoms with Gasteiger partial charge in [-0.05, 0) is 44.4 Å². The molecule has 4 rings (SSSR count). The van der Waals surface area contributed by atoms with E-state index in [0.29, 0.717) is 0 Å². The van der Waals surface area contributed by atoms with Crippen molar-refractivity contribution in [3.05, 3.63) is 45.7 Å². The van der Waals surface area contributed by atoms with E-state index in [0.717, 1.165) is 74.0 Å². The lowest BCUT2D eigenvalue weighted by Gasteiger charge is -2.36. The SMILES string of the molecule is Cc1ccc2[nH]c(CN3CCC[C@@H](CN4CCOCC4)C3)cc(=O)c2c1. The van der Waals surface area contributed by atoms with Crippen molar-refractivity contribution in [2.75, 3.05) is 45.9 Å². The Labute approximate surface area is 154 Å². The molecule has 1 atom stereocenters. The highest BCUT2D eigenvalue weighted by Gasteiger charge is 2.23. The lowest BCUT2D eigenvalue weighted by atomic mass is 9.97. The van der Waals surface area contributed by atoms with Crippen molar-refractivity contribution in [1.29, 1.82) is 0 Å². The Morgan fingerprint density at radius 1 is 1.15 bits per heavy atom. The number of aromatic nitrogens is 1. The van der Waals surface area contributed by atoms with Gasteiger partial charge in [0.2, 0.25) is 0 Å². The molecule has 3 heterocycles. The smallest absolute Gasteiger partial charge is 0.189 e. The molecule has 2 fully saturated rings. The lowest BCUT2D eigenvalue weighted by molar-refractivity contribution is 0.0223. The van der Waals surface area contributed by atoms with Crippen LogP contribution in [0.3, 0.4) is 0 Å². The highest BCUT2D eigenvalue weighted by Crippen LogP contribution is 2.20. The molecule has 1 N–H and O–H groups in total. The van der Waals surface area contributed by atoms with Crippen LogP contribution >= 0.6 is 0 Å². The van der Waals surface area contributed by atoms with Crippen molar-refractivity contribution in [3.63, 3.8) is 0 Å². The molecule has 1 aromatic carbocycles. The average Bonchev–Trinajstić information content (AvgIpc) is 2.64. The Kier molecular flexibility index (Phi) is 5.38. The van der Waals surface area contributed by atoms with E-state index >= 15 is 0 Å². The number of ether oxygens (including phenoxy) is 1. The summed E-state index contributed by atoms with van der Waals surface area (Å²) in [5.74, 6) is 0.719. The van der Waals surface area contributed by atoms with Crippen LogP contribution in [-0.4, -0.2) is 60.7 Å². The topological polar surface area (TPSA) is 48.6 Å². The first kappa shape index (κ1) is 17.7. The van der Waals surface area contributed by atoms with Crippen molar-refractivity contribution < 1.29 is 4.74 Å². The molecule has 0 bridgehead atoms. The molecular weight excluding hydrogens is 326 g/mol. The number of H-pyrrole nitrogens is 1. The van der Waals surface area contributed by atoms with E-state index in [1.54, 1.807) is 6.07 Å². The van der Waals surface area contributed by atoms with E-state index in [1.165, 1.54) is 19.4 Å². The zero-order valence-electron chi connectivity index (χ0n) is 15.7. The van der Waals surface area contributed by atoms with Crippen LogP contribution in [0.4, 0.5) is 0 Å². The van der Waals surface area contributed by atoms with Crippen molar-refractivity contribution in [3.8, 4) is 0 Å². The zero-order valence-corrected chi connectivity index (χ0v) is 15.7. The van der Waals surface area contributed by atoms with Crippen LogP contribution in [0.5, 0.6) is 0 Å². The summed E-state index contributed by atoms with van der Waals surface area (Å²) in [4.78, 5) is 21.0. The Balaban J connectivity index is 1.42. The third-order valence-electron chi connectivity index (χ3n) is 5.66. The molecule has 2 saturated heterocycles. The Hall–Kier alpha value is -1.69. The maximum Gasteiger partial charge on any atom is 0.189 e. The molecule has 0 aliphatic carbocycles. The second kappa shape index (κ2) is 7.91. The second-order valence-corrected chi connectivity index (χ2v) is 7.86. The number of nitrogens with one attached hydrogen (secondary N) is 1. The molecule has 2 aromatic rings. The first-order valence-corrected chi connectivity index (χ1v) is 9.82. The predicted octanol–water partition coefficient (Wildman–Crippen LogP) is 2.38. The van der Waals surface area contributed by atoms with Gasteiger partial charge in [-0.25, -0.2) is 0 Å². The summed E-state index contributed by atoms with van der Waals surface area (Å²) in [5.41, 5.74) is 3.22. The first-order chi connectivity index (χ1) is 12.7. The second-order valence-electron chi connectivity index (χ2n) is 7.86. The van der Waals surface area contributed by atoms with Gasteiger partial charge in [-0.3, -0.25) is 14.6 Å². The number of hydrogen-bond donors (Lipinski definition) is 1. The summed E-state index contributed by atoms with van der Waals surface area (Å²) < 4.78 is 5.46. The highest BCUT2D eigenvalue weighted by molar-refractivity contribution is 5.79. The number of morpholine rings is 1. The van der Waals surface area contributed by atoms with Crippen LogP contribution in [0.15, 0.2) is 29.1 Å². The normalized spacial score (nSPS) is 22.7. The van der Waals surface area contributed by atoms with Crippen molar-refractivity contribution in [2.45, 2.75) is 26.3 Å². The largest absolute Gasteiger partial charge is 0.379 e. The Morgan fingerprint density at radius 2 is 2.00 bits per heavy atom. The molecule has 26 heavy (non-hydrogen) atoms. The zero-order chi connectivity index (χ0) is 17.9. The molecule has 0 radical (unpaired) electrons. The molecule has 0 unspecified atom stereocenters. The van der Waals surface area contributed by atoms with Gasteiger partial charge in [0.25, 0.3) is 0 Å². The first-order valence-electron chi connectivity index (χ1n) is 9.82. The fourth-order valence-electron chi connectivity index (χ4n) is 4.33. The van der Waals surface area contributed by atoms with Crippen LogP contribution in [0.25, 0.3) is 10.9 Å². The van der Waals surface area contributed by atoms with Crippen molar-refractivity contribution in [2.24, 2.45) is 5.92 Å². The quantitative estimate of drug-likeness (QED) is 0.915. The van der Waals surface area contributed by atoms with Crippen LogP contribution < -0.4 is 5.43 Å². The van der Waals surface area contributed by atoms with E-state index in [2.05, 4.69) is 20.9 Å². The molecule has 0 saturated carbocycles. The van der Waals surface area contributed by atoms with Crippen LogP contribution in [0.1, 0.15) is 24.1 Å². The van der Waals surface area contributed by atoms with Gasteiger partial charge >= 0.3 is 0 Å². The van der Waals surface area contributed by atoms with E-state index in [1.807, 2.05) is 19.1 Å². The number of rotatable bonds is 4. The van der Waals surface area contributed by atoms with Gasteiger partial charge in [-0.2, -0.15) is 0 Å². The minimum absolute atomic E-state index is 0.124. The molecule has 5 nitrogen and oxygen atoms in total. The fourth-order valence-corrected chi connectivity index (χ4v) is 4.33. The predicted molar refractivity (Wildman–Crippen MR) is 105 cm³/mol. The van der Waals surface area contributed by atoms with Gasteiger partial charge in [0.15, 0.2) is 5.43 Å². The summed E-state index contributed by atoms with van der Waals surface area (Å²) >= 11 is 0. The van der Waals surface area contributed by atoms with Crippen molar-refractivity contribution >= 4 is 10.9 Å². The molecule has 0 spiro atoms. The molecule has 2 aliphatic rings. The van der Waals surface area contributed by atoms with E-state index in [4.69, 9.17) is 4.74 Å². The molecule has 0 amide bonds. The van der Waals surface area contributed by atoms with Gasteiger partial charge in [-0.15, -0.1) is 0 Å². The lowest BCUT2D eigenvalue weighted by Crippen LogP contribution is -2.44. The van der Waals surface area contributed by atoms with Gasteiger partial charge < -0.3 is 9.72 Å². The molecule has 2 aliphatic heterocycles. The monoisotopic (exact) mass is 355 g/mol.